The van der Waals surface area contributed by atoms with Gasteiger partial charge in [0.2, 0.25) is 0 Å². The normalized spacial score (nSPS) is 11.2. The number of amides is 1. The second kappa shape index (κ2) is 11.3. The first kappa shape index (κ1) is 24.0. The lowest BCUT2D eigenvalue weighted by molar-refractivity contribution is 0.0985. The Morgan fingerprint density at radius 3 is 2.47 bits per heavy atom. The zero-order chi connectivity index (χ0) is 23.1. The van der Waals surface area contributed by atoms with Crippen LogP contribution < -0.4 is 14.4 Å². The summed E-state index contributed by atoms with van der Waals surface area (Å²) in [6, 6.07) is 11.4. The van der Waals surface area contributed by atoms with Crippen molar-refractivity contribution >= 4 is 32.6 Å². The van der Waals surface area contributed by atoms with Gasteiger partial charge >= 0.3 is 0 Å². The number of aromatic nitrogens is 1. The summed E-state index contributed by atoms with van der Waals surface area (Å²) in [5.41, 5.74) is 2.53. The quantitative estimate of drug-likeness (QED) is 0.363. The maximum Gasteiger partial charge on any atom is 0.260 e. The zero-order valence-electron chi connectivity index (χ0n) is 19.7. The molecule has 1 heterocycles. The van der Waals surface area contributed by atoms with E-state index in [1.165, 1.54) is 11.3 Å². The van der Waals surface area contributed by atoms with Crippen molar-refractivity contribution in [3.8, 4) is 11.5 Å². The SMILES string of the molecule is CCCCCOc1ccc(C(=O)N(CCN(C)C)c2nc3c(OC)ccc(C)c3s2)cc1. The molecule has 0 unspecified atom stereocenters. The number of aryl methyl sites for hydroxylation is 1. The molecule has 3 aromatic rings. The second-order valence-electron chi connectivity index (χ2n) is 8.10. The number of unbranched alkanes of at least 4 members (excludes halogenated alkanes) is 2. The summed E-state index contributed by atoms with van der Waals surface area (Å²) in [6.45, 7) is 6.20. The Bertz CT molecular complexity index is 1030. The second-order valence-corrected chi connectivity index (χ2v) is 9.08. The number of benzene rings is 2. The third kappa shape index (κ3) is 5.78. The summed E-state index contributed by atoms with van der Waals surface area (Å²) < 4.78 is 12.3. The van der Waals surface area contributed by atoms with Crippen LogP contribution in [-0.2, 0) is 0 Å². The van der Waals surface area contributed by atoms with E-state index in [-0.39, 0.29) is 5.91 Å². The van der Waals surface area contributed by atoms with Crippen molar-refractivity contribution in [2.45, 2.75) is 33.1 Å². The fourth-order valence-corrected chi connectivity index (χ4v) is 4.43. The molecule has 0 fully saturated rings. The summed E-state index contributed by atoms with van der Waals surface area (Å²) in [5, 5.41) is 0.680. The first-order chi connectivity index (χ1) is 15.4. The van der Waals surface area contributed by atoms with Crippen LogP contribution in [0.2, 0.25) is 0 Å². The number of carbonyl (C=O) groups is 1. The van der Waals surface area contributed by atoms with Gasteiger partial charge < -0.3 is 14.4 Å². The van der Waals surface area contributed by atoms with Gasteiger partial charge in [-0.15, -0.1) is 0 Å². The van der Waals surface area contributed by atoms with Crippen LogP contribution in [0.3, 0.4) is 0 Å². The standard InChI is InChI=1S/C25H33N3O3S/c1-6-7-8-17-31-20-12-10-19(11-13-20)24(29)28(16-15-27(3)4)25-26-22-21(30-5)14-9-18(2)23(22)32-25/h9-14H,6-8,15-17H2,1-5H3. The highest BCUT2D eigenvalue weighted by atomic mass is 32.1. The molecule has 0 radical (unpaired) electrons. The maximum absolute atomic E-state index is 13.5. The van der Waals surface area contributed by atoms with Crippen molar-refractivity contribution in [3.63, 3.8) is 0 Å². The maximum atomic E-state index is 13.5. The molecule has 32 heavy (non-hydrogen) atoms. The Morgan fingerprint density at radius 2 is 1.81 bits per heavy atom. The van der Waals surface area contributed by atoms with Crippen LogP contribution in [0.1, 0.15) is 42.1 Å². The summed E-state index contributed by atoms with van der Waals surface area (Å²) in [7, 11) is 5.64. The highest BCUT2D eigenvalue weighted by Crippen LogP contribution is 2.36. The van der Waals surface area contributed by atoms with Crippen LogP contribution in [0, 0.1) is 6.92 Å². The molecule has 0 spiro atoms. The molecule has 172 valence electrons. The molecular formula is C25H33N3O3S. The minimum atomic E-state index is -0.0694. The van der Waals surface area contributed by atoms with Gasteiger partial charge in [0.05, 0.1) is 18.4 Å². The van der Waals surface area contributed by atoms with E-state index >= 15 is 0 Å². The molecule has 7 heteroatoms. The van der Waals surface area contributed by atoms with Gasteiger partial charge in [-0.05, 0) is 63.3 Å². The van der Waals surface area contributed by atoms with Gasteiger partial charge in [-0.25, -0.2) is 4.98 Å². The number of nitrogens with zero attached hydrogens (tertiary/aromatic N) is 3. The number of ether oxygens (including phenoxy) is 2. The van der Waals surface area contributed by atoms with E-state index < -0.39 is 0 Å². The molecule has 0 aliphatic heterocycles. The van der Waals surface area contributed by atoms with E-state index in [9.17, 15) is 4.79 Å². The molecular weight excluding hydrogens is 422 g/mol. The van der Waals surface area contributed by atoms with Gasteiger partial charge in [0, 0.05) is 18.7 Å². The van der Waals surface area contributed by atoms with Gasteiger partial charge in [-0.1, -0.05) is 37.2 Å². The highest BCUT2D eigenvalue weighted by molar-refractivity contribution is 7.22. The van der Waals surface area contributed by atoms with E-state index in [2.05, 4.69) is 18.7 Å². The average molecular weight is 456 g/mol. The average Bonchev–Trinajstić information content (AvgIpc) is 3.23. The molecule has 1 aromatic heterocycles. The number of thiazole rings is 1. The van der Waals surface area contributed by atoms with Crippen molar-refractivity contribution in [3.05, 3.63) is 47.5 Å². The molecule has 3 rings (SSSR count). The fourth-order valence-electron chi connectivity index (χ4n) is 3.35. The number of likely N-dealkylation sites (N-methyl/N-ethyl adjacent to an activating group) is 1. The first-order valence-corrected chi connectivity index (χ1v) is 11.9. The molecule has 6 nitrogen and oxygen atoms in total. The van der Waals surface area contributed by atoms with Gasteiger partial charge in [0.1, 0.15) is 17.0 Å². The van der Waals surface area contributed by atoms with Crippen LogP contribution in [0.25, 0.3) is 10.2 Å². The van der Waals surface area contributed by atoms with Gasteiger partial charge in [-0.3, -0.25) is 9.69 Å². The Labute approximate surface area is 194 Å². The molecule has 0 atom stereocenters. The summed E-state index contributed by atoms with van der Waals surface area (Å²) in [4.78, 5) is 22.1. The van der Waals surface area contributed by atoms with Gasteiger partial charge in [0.25, 0.3) is 5.91 Å². The number of methoxy groups -OCH3 is 1. The van der Waals surface area contributed by atoms with Crippen molar-refractivity contribution in [1.29, 1.82) is 0 Å². The topological polar surface area (TPSA) is 54.9 Å². The lowest BCUT2D eigenvalue weighted by atomic mass is 10.2. The van der Waals surface area contributed by atoms with Crippen LogP contribution in [0.15, 0.2) is 36.4 Å². The number of anilines is 1. The molecule has 0 bridgehead atoms. The molecule has 0 aliphatic rings. The van der Waals surface area contributed by atoms with E-state index in [0.717, 1.165) is 53.1 Å². The van der Waals surface area contributed by atoms with E-state index in [4.69, 9.17) is 14.5 Å². The molecule has 2 aromatic carbocycles. The molecule has 0 N–H and O–H groups in total. The fraction of sp³-hybridized carbons (Fsp3) is 0.440. The molecule has 0 aliphatic carbocycles. The van der Waals surface area contributed by atoms with Crippen LogP contribution in [0.5, 0.6) is 11.5 Å². The van der Waals surface area contributed by atoms with E-state index in [1.807, 2.05) is 50.5 Å². The number of fused-ring (bicyclic) bond motifs is 1. The van der Waals surface area contributed by atoms with Crippen molar-refractivity contribution in [1.82, 2.24) is 9.88 Å². The lowest BCUT2D eigenvalue weighted by Gasteiger charge is -2.22. The van der Waals surface area contributed by atoms with Crippen molar-refractivity contribution in [2.24, 2.45) is 0 Å². The Kier molecular flexibility index (Phi) is 8.47. The van der Waals surface area contributed by atoms with Gasteiger partial charge in [-0.2, -0.15) is 0 Å². The number of carbonyl (C=O) groups excluding carboxylic acids is 1. The van der Waals surface area contributed by atoms with Crippen LogP contribution in [-0.4, -0.2) is 56.7 Å². The monoisotopic (exact) mass is 455 g/mol. The predicted molar refractivity (Wildman–Crippen MR) is 133 cm³/mol. The first-order valence-electron chi connectivity index (χ1n) is 11.1. The van der Waals surface area contributed by atoms with Crippen molar-refractivity contribution in [2.75, 3.05) is 45.8 Å². The highest BCUT2D eigenvalue weighted by Gasteiger charge is 2.23. The van der Waals surface area contributed by atoms with Crippen molar-refractivity contribution < 1.29 is 14.3 Å². The smallest absolute Gasteiger partial charge is 0.260 e. The third-order valence-corrected chi connectivity index (χ3v) is 6.49. The third-order valence-electron chi connectivity index (χ3n) is 5.28. The summed E-state index contributed by atoms with van der Waals surface area (Å²) in [6.07, 6.45) is 3.36. The Hall–Kier alpha value is -2.64. The molecule has 0 saturated carbocycles. The Balaban J connectivity index is 1.86. The summed E-state index contributed by atoms with van der Waals surface area (Å²) >= 11 is 1.53. The minimum Gasteiger partial charge on any atom is -0.494 e. The van der Waals surface area contributed by atoms with Crippen LogP contribution in [0.4, 0.5) is 5.13 Å². The number of hydrogen-bond acceptors (Lipinski definition) is 6. The molecule has 0 saturated heterocycles. The van der Waals surface area contributed by atoms with Crippen LogP contribution >= 0.6 is 11.3 Å². The van der Waals surface area contributed by atoms with E-state index in [0.29, 0.717) is 23.8 Å². The Morgan fingerprint density at radius 1 is 1.06 bits per heavy atom. The zero-order valence-corrected chi connectivity index (χ0v) is 20.5. The number of rotatable bonds is 11. The predicted octanol–water partition coefficient (Wildman–Crippen LogP) is 5.39. The minimum absolute atomic E-state index is 0.0694. The lowest BCUT2D eigenvalue weighted by Crippen LogP contribution is -2.36. The van der Waals surface area contributed by atoms with E-state index in [1.54, 1.807) is 12.0 Å². The summed E-state index contributed by atoms with van der Waals surface area (Å²) in [5.74, 6) is 1.44. The molecule has 1 amide bonds. The van der Waals surface area contributed by atoms with Gasteiger partial charge in [0.15, 0.2) is 5.13 Å². The largest absolute Gasteiger partial charge is 0.494 e. The number of hydrogen-bond donors (Lipinski definition) is 0.